The van der Waals surface area contributed by atoms with Crippen LogP contribution in [0, 0.1) is 0 Å². The zero-order chi connectivity index (χ0) is 12.8. The van der Waals surface area contributed by atoms with Gasteiger partial charge in [-0.15, -0.1) is 0 Å². The predicted octanol–water partition coefficient (Wildman–Crippen LogP) is 2.18. The third-order valence-corrected chi connectivity index (χ3v) is 2.37. The van der Waals surface area contributed by atoms with Gasteiger partial charge in [-0.2, -0.15) is 0 Å². The first-order valence-corrected chi connectivity index (χ1v) is 5.83. The number of rotatable bonds is 6. The van der Waals surface area contributed by atoms with Crippen LogP contribution < -0.4 is 10.1 Å². The molecule has 2 aromatic rings. The Labute approximate surface area is 105 Å². The second-order valence-electron chi connectivity index (χ2n) is 3.70. The Morgan fingerprint density at radius 1 is 1.28 bits per heavy atom. The van der Waals surface area contributed by atoms with Crippen molar-refractivity contribution in [1.82, 2.24) is 4.98 Å². The van der Waals surface area contributed by atoms with Crippen molar-refractivity contribution in [3.8, 4) is 5.88 Å². The van der Waals surface area contributed by atoms with Crippen molar-refractivity contribution in [1.29, 1.82) is 0 Å². The second-order valence-corrected chi connectivity index (χ2v) is 3.70. The first-order chi connectivity index (χ1) is 8.81. The van der Waals surface area contributed by atoms with Crippen LogP contribution in [0.3, 0.4) is 0 Å². The van der Waals surface area contributed by atoms with E-state index in [1.165, 1.54) is 0 Å². The third kappa shape index (κ3) is 3.24. The van der Waals surface area contributed by atoms with E-state index < -0.39 is 0 Å². The Bertz CT molecular complexity index is 479. The van der Waals surface area contributed by atoms with E-state index in [0.29, 0.717) is 24.8 Å². The van der Waals surface area contributed by atoms with Gasteiger partial charge in [0.2, 0.25) is 5.88 Å². The minimum Gasteiger partial charge on any atom is -0.478 e. The molecule has 0 atom stereocenters. The van der Waals surface area contributed by atoms with Crippen LogP contribution in [-0.2, 0) is 13.2 Å². The normalized spacial score (nSPS) is 10.3. The average molecular weight is 248 g/mol. The van der Waals surface area contributed by atoms with Crippen molar-refractivity contribution in [2.75, 3.05) is 11.9 Å². The number of nitrogens with zero attached hydrogens (tertiary/aromatic N) is 1. The third-order valence-electron chi connectivity index (χ3n) is 2.37. The van der Waals surface area contributed by atoms with Gasteiger partial charge in [0.05, 0.1) is 25.0 Å². The second kappa shape index (κ2) is 6.07. The highest BCUT2D eigenvalue weighted by molar-refractivity contribution is 5.42. The van der Waals surface area contributed by atoms with Gasteiger partial charge in [0.15, 0.2) is 0 Å². The van der Waals surface area contributed by atoms with E-state index in [2.05, 4.69) is 10.3 Å². The summed E-state index contributed by atoms with van der Waals surface area (Å²) in [7, 11) is 0. The van der Waals surface area contributed by atoms with Crippen LogP contribution in [0.15, 0.2) is 34.9 Å². The van der Waals surface area contributed by atoms with Crippen LogP contribution in [-0.4, -0.2) is 16.7 Å². The van der Waals surface area contributed by atoms with Gasteiger partial charge in [0, 0.05) is 6.07 Å². The molecule has 2 N–H and O–H groups in total. The lowest BCUT2D eigenvalue weighted by molar-refractivity contribution is 0.244. The Hall–Kier alpha value is -2.01. The molecule has 0 aliphatic rings. The molecule has 2 aromatic heterocycles. The standard InChI is InChI=1S/C13H16N2O3/c1-2-17-13-6-3-10(7-15-13)14-8-11-4-5-12(9-16)18-11/h3-7,14,16H,2,8-9H2,1H3. The summed E-state index contributed by atoms with van der Waals surface area (Å²) in [6, 6.07) is 7.30. The average Bonchev–Trinajstić information content (AvgIpc) is 2.86. The number of hydrogen-bond donors (Lipinski definition) is 2. The fourth-order valence-corrected chi connectivity index (χ4v) is 1.51. The van der Waals surface area contributed by atoms with Crippen molar-refractivity contribution in [2.24, 2.45) is 0 Å². The van der Waals surface area contributed by atoms with Crippen LogP contribution in [0.25, 0.3) is 0 Å². The fourth-order valence-electron chi connectivity index (χ4n) is 1.51. The number of ether oxygens (including phenoxy) is 1. The smallest absolute Gasteiger partial charge is 0.213 e. The maximum Gasteiger partial charge on any atom is 0.213 e. The highest BCUT2D eigenvalue weighted by Gasteiger charge is 2.01. The maximum absolute atomic E-state index is 8.88. The molecular weight excluding hydrogens is 232 g/mol. The number of aliphatic hydroxyl groups excluding tert-OH is 1. The summed E-state index contributed by atoms with van der Waals surface area (Å²) in [4.78, 5) is 4.15. The molecule has 0 saturated carbocycles. The Balaban J connectivity index is 1.89. The predicted molar refractivity (Wildman–Crippen MR) is 67.4 cm³/mol. The molecule has 18 heavy (non-hydrogen) atoms. The zero-order valence-corrected chi connectivity index (χ0v) is 10.2. The quantitative estimate of drug-likeness (QED) is 0.820. The lowest BCUT2D eigenvalue weighted by Crippen LogP contribution is -1.99. The number of anilines is 1. The largest absolute Gasteiger partial charge is 0.478 e. The van der Waals surface area contributed by atoms with Crippen molar-refractivity contribution >= 4 is 5.69 Å². The van der Waals surface area contributed by atoms with Gasteiger partial charge in [-0.3, -0.25) is 0 Å². The number of aliphatic hydroxyl groups is 1. The van der Waals surface area contributed by atoms with E-state index in [1.54, 1.807) is 12.3 Å². The molecule has 0 spiro atoms. The molecule has 0 aliphatic heterocycles. The summed E-state index contributed by atoms with van der Waals surface area (Å²) >= 11 is 0. The minimum absolute atomic E-state index is 0.0788. The van der Waals surface area contributed by atoms with Crippen LogP contribution in [0.2, 0.25) is 0 Å². The molecule has 0 unspecified atom stereocenters. The molecule has 0 radical (unpaired) electrons. The summed E-state index contributed by atoms with van der Waals surface area (Å²) in [5.41, 5.74) is 0.889. The topological polar surface area (TPSA) is 67.5 Å². The van der Waals surface area contributed by atoms with Crippen molar-refractivity contribution in [3.05, 3.63) is 42.0 Å². The molecule has 0 aromatic carbocycles. The van der Waals surface area contributed by atoms with E-state index in [0.717, 1.165) is 11.4 Å². The summed E-state index contributed by atoms with van der Waals surface area (Å²) in [6.07, 6.45) is 1.71. The lowest BCUT2D eigenvalue weighted by atomic mass is 10.4. The van der Waals surface area contributed by atoms with E-state index >= 15 is 0 Å². The SMILES string of the molecule is CCOc1ccc(NCc2ccc(CO)o2)cn1. The van der Waals surface area contributed by atoms with Crippen LogP contribution in [0.4, 0.5) is 5.69 Å². The first kappa shape index (κ1) is 12.4. The van der Waals surface area contributed by atoms with Gasteiger partial charge in [0.1, 0.15) is 18.1 Å². The molecule has 5 heteroatoms. The molecule has 2 rings (SSSR count). The summed E-state index contributed by atoms with van der Waals surface area (Å²) in [5, 5.41) is 12.1. The van der Waals surface area contributed by atoms with Crippen molar-refractivity contribution in [3.63, 3.8) is 0 Å². The molecule has 0 saturated heterocycles. The minimum atomic E-state index is -0.0788. The number of pyridine rings is 1. The Kier molecular flexibility index (Phi) is 4.20. The summed E-state index contributed by atoms with van der Waals surface area (Å²) in [5.74, 6) is 1.95. The van der Waals surface area contributed by atoms with Gasteiger partial charge in [-0.1, -0.05) is 0 Å². The monoisotopic (exact) mass is 248 g/mol. The number of hydrogen-bond acceptors (Lipinski definition) is 5. The zero-order valence-electron chi connectivity index (χ0n) is 10.2. The van der Waals surface area contributed by atoms with Crippen LogP contribution in [0.5, 0.6) is 5.88 Å². The lowest BCUT2D eigenvalue weighted by Gasteiger charge is -2.05. The number of nitrogens with one attached hydrogen (secondary N) is 1. The van der Waals surface area contributed by atoms with E-state index in [9.17, 15) is 0 Å². The van der Waals surface area contributed by atoms with Gasteiger partial charge in [-0.25, -0.2) is 4.98 Å². The van der Waals surface area contributed by atoms with E-state index in [1.807, 2.05) is 25.1 Å². The van der Waals surface area contributed by atoms with Crippen molar-refractivity contribution in [2.45, 2.75) is 20.1 Å². The summed E-state index contributed by atoms with van der Waals surface area (Å²) < 4.78 is 10.6. The van der Waals surface area contributed by atoms with Gasteiger partial charge in [0.25, 0.3) is 0 Å². The first-order valence-electron chi connectivity index (χ1n) is 5.83. The molecular formula is C13H16N2O3. The Morgan fingerprint density at radius 3 is 2.72 bits per heavy atom. The van der Waals surface area contributed by atoms with Crippen LogP contribution >= 0.6 is 0 Å². The highest BCUT2D eigenvalue weighted by Crippen LogP contribution is 2.14. The highest BCUT2D eigenvalue weighted by atomic mass is 16.5. The number of furan rings is 1. The Morgan fingerprint density at radius 2 is 2.11 bits per heavy atom. The molecule has 96 valence electrons. The van der Waals surface area contributed by atoms with Gasteiger partial charge in [-0.05, 0) is 25.1 Å². The molecule has 0 bridgehead atoms. The fraction of sp³-hybridized carbons (Fsp3) is 0.308. The molecule has 2 heterocycles. The van der Waals surface area contributed by atoms with Gasteiger partial charge >= 0.3 is 0 Å². The van der Waals surface area contributed by atoms with Crippen molar-refractivity contribution < 1.29 is 14.3 Å². The summed E-state index contributed by atoms with van der Waals surface area (Å²) in [6.45, 7) is 3.00. The molecule has 0 aliphatic carbocycles. The van der Waals surface area contributed by atoms with E-state index in [4.69, 9.17) is 14.3 Å². The molecule has 0 fully saturated rings. The number of aromatic nitrogens is 1. The van der Waals surface area contributed by atoms with Gasteiger partial charge < -0.3 is 19.6 Å². The maximum atomic E-state index is 8.88. The van der Waals surface area contributed by atoms with E-state index in [-0.39, 0.29) is 6.61 Å². The molecule has 5 nitrogen and oxygen atoms in total. The van der Waals surface area contributed by atoms with Crippen LogP contribution in [0.1, 0.15) is 18.4 Å². The molecule has 0 amide bonds.